The standard InChI is InChI=1S/C13H16N4O/c1-4-17-10(2)12(8-15-17)13(18)6-5-11-7-14-16(3)9-11/h5-9H,4H2,1-3H3. The van der Waals surface area contributed by atoms with E-state index < -0.39 is 0 Å². The quantitative estimate of drug-likeness (QED) is 0.609. The molecule has 2 rings (SSSR count). The fraction of sp³-hybridized carbons (Fsp3) is 0.308. The largest absolute Gasteiger partial charge is 0.289 e. The zero-order valence-corrected chi connectivity index (χ0v) is 10.8. The van der Waals surface area contributed by atoms with Crippen molar-refractivity contribution in [2.45, 2.75) is 20.4 Å². The van der Waals surface area contributed by atoms with Crippen LogP contribution in [0, 0.1) is 6.92 Å². The van der Waals surface area contributed by atoms with Crippen LogP contribution in [0.2, 0.25) is 0 Å². The summed E-state index contributed by atoms with van der Waals surface area (Å²) in [5, 5.41) is 8.20. The summed E-state index contributed by atoms with van der Waals surface area (Å²) in [6.07, 6.45) is 8.51. The molecule has 0 amide bonds. The van der Waals surface area contributed by atoms with E-state index in [9.17, 15) is 4.79 Å². The van der Waals surface area contributed by atoms with Gasteiger partial charge in [0.2, 0.25) is 0 Å². The highest BCUT2D eigenvalue weighted by Gasteiger charge is 2.10. The number of rotatable bonds is 4. The molecule has 5 nitrogen and oxygen atoms in total. The molecule has 2 aromatic rings. The molecule has 0 unspecified atom stereocenters. The van der Waals surface area contributed by atoms with Crippen LogP contribution in [0.3, 0.4) is 0 Å². The van der Waals surface area contributed by atoms with E-state index in [1.54, 1.807) is 29.2 Å². The average Bonchev–Trinajstić information content (AvgIpc) is 2.92. The number of allylic oxidation sites excluding steroid dienone is 1. The van der Waals surface area contributed by atoms with Gasteiger partial charge in [0, 0.05) is 31.0 Å². The first kappa shape index (κ1) is 12.3. The van der Waals surface area contributed by atoms with Gasteiger partial charge in [0.25, 0.3) is 0 Å². The topological polar surface area (TPSA) is 52.7 Å². The van der Waals surface area contributed by atoms with Crippen molar-refractivity contribution in [3.8, 4) is 0 Å². The smallest absolute Gasteiger partial charge is 0.189 e. The molecule has 0 N–H and O–H groups in total. The molecule has 0 bridgehead atoms. The third kappa shape index (κ3) is 2.40. The number of carbonyl (C=O) groups excluding carboxylic acids is 1. The van der Waals surface area contributed by atoms with Gasteiger partial charge in [0.1, 0.15) is 0 Å². The van der Waals surface area contributed by atoms with Crippen LogP contribution >= 0.6 is 0 Å². The highest BCUT2D eigenvalue weighted by atomic mass is 16.1. The van der Waals surface area contributed by atoms with E-state index >= 15 is 0 Å². The van der Waals surface area contributed by atoms with E-state index in [2.05, 4.69) is 10.2 Å². The maximum Gasteiger partial charge on any atom is 0.189 e. The van der Waals surface area contributed by atoms with Gasteiger partial charge in [-0.1, -0.05) is 0 Å². The Hall–Kier alpha value is -2.17. The summed E-state index contributed by atoms with van der Waals surface area (Å²) >= 11 is 0. The van der Waals surface area contributed by atoms with E-state index in [4.69, 9.17) is 0 Å². The monoisotopic (exact) mass is 244 g/mol. The van der Waals surface area contributed by atoms with Gasteiger partial charge >= 0.3 is 0 Å². The molecule has 0 saturated carbocycles. The molecule has 5 heteroatoms. The Morgan fingerprint density at radius 2 is 2.17 bits per heavy atom. The van der Waals surface area contributed by atoms with Crippen LogP contribution in [0.1, 0.15) is 28.5 Å². The van der Waals surface area contributed by atoms with Crippen LogP contribution in [0.25, 0.3) is 6.08 Å². The maximum absolute atomic E-state index is 12.0. The Bertz CT molecular complexity index is 592. The molecule has 0 aliphatic heterocycles. The molecular formula is C13H16N4O. The molecule has 2 aromatic heterocycles. The fourth-order valence-corrected chi connectivity index (χ4v) is 1.80. The highest BCUT2D eigenvalue weighted by Crippen LogP contribution is 2.10. The summed E-state index contributed by atoms with van der Waals surface area (Å²) in [7, 11) is 1.84. The van der Waals surface area contributed by atoms with Crippen molar-refractivity contribution in [1.29, 1.82) is 0 Å². The van der Waals surface area contributed by atoms with Crippen LogP contribution in [-0.2, 0) is 13.6 Å². The number of carbonyl (C=O) groups is 1. The fourth-order valence-electron chi connectivity index (χ4n) is 1.80. The van der Waals surface area contributed by atoms with Crippen LogP contribution in [-0.4, -0.2) is 25.3 Å². The van der Waals surface area contributed by atoms with E-state index in [1.165, 1.54) is 0 Å². The number of nitrogens with zero attached hydrogens (tertiary/aromatic N) is 4. The molecule has 0 aliphatic carbocycles. The number of hydrogen-bond acceptors (Lipinski definition) is 3. The lowest BCUT2D eigenvalue weighted by Crippen LogP contribution is -2.01. The van der Waals surface area contributed by atoms with E-state index in [1.807, 2.05) is 31.8 Å². The molecular weight excluding hydrogens is 228 g/mol. The summed E-state index contributed by atoms with van der Waals surface area (Å²) in [6, 6.07) is 0. The van der Waals surface area contributed by atoms with Crippen molar-refractivity contribution in [2.24, 2.45) is 7.05 Å². The van der Waals surface area contributed by atoms with Gasteiger partial charge in [-0.3, -0.25) is 14.2 Å². The first-order valence-corrected chi connectivity index (χ1v) is 5.85. The molecule has 2 heterocycles. The third-order valence-corrected chi connectivity index (χ3v) is 2.82. The number of aryl methyl sites for hydroxylation is 2. The lowest BCUT2D eigenvalue weighted by molar-refractivity contribution is 0.104. The zero-order valence-electron chi connectivity index (χ0n) is 10.8. The lowest BCUT2D eigenvalue weighted by Gasteiger charge is -1.99. The van der Waals surface area contributed by atoms with Crippen molar-refractivity contribution in [3.05, 3.63) is 41.5 Å². The second-order valence-corrected chi connectivity index (χ2v) is 4.10. The average molecular weight is 244 g/mol. The summed E-state index contributed by atoms with van der Waals surface area (Å²) in [5.74, 6) is -0.0314. The molecule has 0 spiro atoms. The Morgan fingerprint density at radius 1 is 1.39 bits per heavy atom. The van der Waals surface area contributed by atoms with Crippen LogP contribution in [0.4, 0.5) is 0 Å². The summed E-state index contributed by atoms with van der Waals surface area (Å²) < 4.78 is 3.51. The third-order valence-electron chi connectivity index (χ3n) is 2.82. The van der Waals surface area contributed by atoms with Gasteiger partial charge in [0.05, 0.1) is 18.0 Å². The first-order chi connectivity index (χ1) is 8.61. The van der Waals surface area contributed by atoms with Crippen molar-refractivity contribution < 1.29 is 4.79 Å². The first-order valence-electron chi connectivity index (χ1n) is 5.85. The molecule has 0 fully saturated rings. The van der Waals surface area contributed by atoms with E-state index in [0.717, 1.165) is 17.8 Å². The Morgan fingerprint density at radius 3 is 2.72 bits per heavy atom. The highest BCUT2D eigenvalue weighted by molar-refractivity contribution is 6.07. The van der Waals surface area contributed by atoms with Gasteiger partial charge in [-0.25, -0.2) is 0 Å². The second kappa shape index (κ2) is 5.00. The van der Waals surface area contributed by atoms with Gasteiger partial charge < -0.3 is 0 Å². The molecule has 94 valence electrons. The Kier molecular flexibility index (Phi) is 3.41. The minimum absolute atomic E-state index is 0.0314. The molecule has 0 radical (unpaired) electrons. The maximum atomic E-state index is 12.0. The van der Waals surface area contributed by atoms with Crippen molar-refractivity contribution in [2.75, 3.05) is 0 Å². The zero-order chi connectivity index (χ0) is 13.1. The van der Waals surface area contributed by atoms with Gasteiger partial charge in [-0.2, -0.15) is 10.2 Å². The van der Waals surface area contributed by atoms with Crippen molar-refractivity contribution in [1.82, 2.24) is 19.6 Å². The van der Waals surface area contributed by atoms with Crippen LogP contribution in [0.5, 0.6) is 0 Å². The second-order valence-electron chi connectivity index (χ2n) is 4.10. The Balaban J connectivity index is 2.17. The molecule has 0 atom stereocenters. The van der Waals surface area contributed by atoms with Gasteiger partial charge in [-0.15, -0.1) is 0 Å². The SMILES string of the molecule is CCn1ncc(C(=O)C=Cc2cnn(C)c2)c1C. The van der Waals surface area contributed by atoms with Crippen LogP contribution < -0.4 is 0 Å². The molecule has 0 aromatic carbocycles. The predicted octanol–water partition coefficient (Wildman–Crippen LogP) is 1.84. The number of ketones is 1. The Labute approximate surface area is 106 Å². The summed E-state index contributed by atoms with van der Waals surface area (Å²) in [4.78, 5) is 12.0. The predicted molar refractivity (Wildman–Crippen MR) is 69.2 cm³/mol. The van der Waals surface area contributed by atoms with Crippen molar-refractivity contribution in [3.63, 3.8) is 0 Å². The number of hydrogen-bond donors (Lipinski definition) is 0. The summed E-state index contributed by atoms with van der Waals surface area (Å²) in [5.41, 5.74) is 2.46. The van der Waals surface area contributed by atoms with Crippen LogP contribution in [0.15, 0.2) is 24.7 Å². The number of aromatic nitrogens is 4. The van der Waals surface area contributed by atoms with Gasteiger partial charge in [-0.05, 0) is 26.0 Å². The summed E-state index contributed by atoms with van der Waals surface area (Å²) in [6.45, 7) is 4.67. The van der Waals surface area contributed by atoms with E-state index in [0.29, 0.717) is 5.56 Å². The molecule has 18 heavy (non-hydrogen) atoms. The molecule has 0 saturated heterocycles. The molecule has 0 aliphatic rings. The van der Waals surface area contributed by atoms with Gasteiger partial charge in [0.15, 0.2) is 5.78 Å². The lowest BCUT2D eigenvalue weighted by atomic mass is 10.1. The minimum atomic E-state index is -0.0314. The van der Waals surface area contributed by atoms with Crippen molar-refractivity contribution >= 4 is 11.9 Å². The van der Waals surface area contributed by atoms with E-state index in [-0.39, 0.29) is 5.78 Å². The minimum Gasteiger partial charge on any atom is -0.289 e. The normalized spacial score (nSPS) is 11.3.